The molecule has 1 radical (unpaired) electrons. The Morgan fingerprint density at radius 3 is 2.45 bits per heavy atom. The molecular formula is C18H21N2. The van der Waals surface area contributed by atoms with Gasteiger partial charge < -0.3 is 10.2 Å². The summed E-state index contributed by atoms with van der Waals surface area (Å²) in [4.78, 5) is 2.43. The van der Waals surface area contributed by atoms with Crippen molar-refractivity contribution in [2.45, 2.75) is 25.4 Å². The van der Waals surface area contributed by atoms with Gasteiger partial charge in [-0.2, -0.15) is 0 Å². The number of anilines is 1. The Morgan fingerprint density at radius 2 is 1.75 bits per heavy atom. The van der Waals surface area contributed by atoms with Gasteiger partial charge in [-0.25, -0.2) is 0 Å². The number of piperidine rings is 1. The lowest BCUT2D eigenvalue weighted by Crippen LogP contribution is -2.42. The van der Waals surface area contributed by atoms with Gasteiger partial charge in [0.25, 0.3) is 0 Å². The topological polar surface area (TPSA) is 15.3 Å². The van der Waals surface area contributed by atoms with Gasteiger partial charge in [-0.1, -0.05) is 48.5 Å². The SMILES string of the molecule is [c]1ccccc1N1CCC(NCc2ccccc2)CC1. The monoisotopic (exact) mass is 265 g/mol. The van der Waals surface area contributed by atoms with Gasteiger partial charge in [0.05, 0.1) is 0 Å². The van der Waals surface area contributed by atoms with Crippen LogP contribution in [0.4, 0.5) is 5.69 Å². The highest BCUT2D eigenvalue weighted by Crippen LogP contribution is 2.19. The third-order valence-corrected chi connectivity index (χ3v) is 3.97. The van der Waals surface area contributed by atoms with Gasteiger partial charge >= 0.3 is 0 Å². The number of hydrogen-bond donors (Lipinski definition) is 1. The molecule has 20 heavy (non-hydrogen) atoms. The number of benzene rings is 2. The van der Waals surface area contributed by atoms with Crippen LogP contribution in [0.5, 0.6) is 0 Å². The molecule has 2 aromatic carbocycles. The first-order valence-corrected chi connectivity index (χ1v) is 7.41. The van der Waals surface area contributed by atoms with Crippen LogP contribution in [-0.2, 0) is 6.54 Å². The van der Waals surface area contributed by atoms with Crippen molar-refractivity contribution >= 4 is 5.69 Å². The maximum Gasteiger partial charge on any atom is 0.0446 e. The van der Waals surface area contributed by atoms with Gasteiger partial charge in [-0.05, 0) is 24.5 Å². The highest BCUT2D eigenvalue weighted by molar-refractivity contribution is 5.45. The summed E-state index contributed by atoms with van der Waals surface area (Å²) in [7, 11) is 0. The fourth-order valence-corrected chi connectivity index (χ4v) is 2.76. The van der Waals surface area contributed by atoms with E-state index in [1.165, 1.54) is 24.1 Å². The molecule has 3 rings (SSSR count). The van der Waals surface area contributed by atoms with E-state index in [4.69, 9.17) is 0 Å². The zero-order valence-corrected chi connectivity index (χ0v) is 11.8. The van der Waals surface area contributed by atoms with E-state index < -0.39 is 0 Å². The van der Waals surface area contributed by atoms with Crippen molar-refractivity contribution in [2.24, 2.45) is 0 Å². The molecule has 1 saturated heterocycles. The summed E-state index contributed by atoms with van der Waals surface area (Å²) < 4.78 is 0. The van der Waals surface area contributed by atoms with Gasteiger partial charge in [0.1, 0.15) is 0 Å². The average Bonchev–Trinajstić information content (AvgIpc) is 2.55. The molecule has 2 aromatic rings. The van der Waals surface area contributed by atoms with E-state index in [9.17, 15) is 0 Å². The third-order valence-electron chi connectivity index (χ3n) is 3.97. The van der Waals surface area contributed by atoms with Crippen molar-refractivity contribution in [1.82, 2.24) is 5.32 Å². The molecule has 0 aliphatic carbocycles. The summed E-state index contributed by atoms with van der Waals surface area (Å²) in [5.41, 5.74) is 2.60. The summed E-state index contributed by atoms with van der Waals surface area (Å²) in [5.74, 6) is 0. The molecule has 2 nitrogen and oxygen atoms in total. The first kappa shape index (κ1) is 13.2. The second-order valence-electron chi connectivity index (χ2n) is 5.38. The Balaban J connectivity index is 1.47. The molecule has 0 atom stereocenters. The van der Waals surface area contributed by atoms with Crippen LogP contribution >= 0.6 is 0 Å². The van der Waals surface area contributed by atoms with Crippen LogP contribution in [0.3, 0.4) is 0 Å². The number of para-hydroxylation sites is 1. The second kappa shape index (κ2) is 6.58. The van der Waals surface area contributed by atoms with E-state index in [1.54, 1.807) is 0 Å². The quantitative estimate of drug-likeness (QED) is 0.913. The van der Waals surface area contributed by atoms with Crippen molar-refractivity contribution in [2.75, 3.05) is 18.0 Å². The predicted molar refractivity (Wildman–Crippen MR) is 83.8 cm³/mol. The van der Waals surface area contributed by atoms with E-state index in [0.717, 1.165) is 19.6 Å². The minimum atomic E-state index is 0.634. The van der Waals surface area contributed by atoms with E-state index in [1.807, 2.05) is 12.1 Å². The first-order chi connectivity index (χ1) is 9.92. The fraction of sp³-hybridized carbons (Fsp3) is 0.333. The Bertz CT molecular complexity index is 501. The Kier molecular flexibility index (Phi) is 4.34. The van der Waals surface area contributed by atoms with E-state index in [-0.39, 0.29) is 0 Å². The number of rotatable bonds is 4. The molecule has 1 aliphatic rings. The van der Waals surface area contributed by atoms with E-state index in [2.05, 4.69) is 58.7 Å². The summed E-state index contributed by atoms with van der Waals surface area (Å²) in [6.45, 7) is 3.21. The second-order valence-corrected chi connectivity index (χ2v) is 5.38. The minimum Gasteiger partial charge on any atom is -0.371 e. The highest BCUT2D eigenvalue weighted by Gasteiger charge is 2.18. The molecule has 2 heteroatoms. The van der Waals surface area contributed by atoms with Crippen LogP contribution in [0.2, 0.25) is 0 Å². The average molecular weight is 265 g/mol. The zero-order chi connectivity index (χ0) is 13.6. The van der Waals surface area contributed by atoms with Crippen LogP contribution in [-0.4, -0.2) is 19.1 Å². The molecule has 0 bridgehead atoms. The molecule has 0 spiro atoms. The summed E-state index contributed by atoms with van der Waals surface area (Å²) in [6.07, 6.45) is 2.41. The molecule has 1 aliphatic heterocycles. The smallest absolute Gasteiger partial charge is 0.0446 e. The van der Waals surface area contributed by atoms with Crippen molar-refractivity contribution in [3.8, 4) is 0 Å². The van der Waals surface area contributed by atoms with Gasteiger partial charge in [0.2, 0.25) is 0 Å². The summed E-state index contributed by atoms with van der Waals surface area (Å²) in [6, 6.07) is 22.8. The normalized spacial score (nSPS) is 16.3. The van der Waals surface area contributed by atoms with Crippen molar-refractivity contribution < 1.29 is 0 Å². The standard InChI is InChI=1S/C18H21N2/c1-3-7-16(8-4-1)15-19-17-11-13-20(14-12-17)18-9-5-2-6-10-18/h1-9,17,19H,11-15H2. The van der Waals surface area contributed by atoms with Gasteiger partial charge in [0, 0.05) is 37.4 Å². The molecular weight excluding hydrogens is 244 g/mol. The minimum absolute atomic E-state index is 0.634. The molecule has 0 unspecified atom stereocenters. The molecule has 103 valence electrons. The molecule has 0 aromatic heterocycles. The van der Waals surface area contributed by atoms with Crippen molar-refractivity contribution in [3.05, 3.63) is 66.2 Å². The van der Waals surface area contributed by atoms with Crippen LogP contribution in [0.1, 0.15) is 18.4 Å². The zero-order valence-electron chi connectivity index (χ0n) is 11.8. The maximum atomic E-state index is 3.67. The number of hydrogen-bond acceptors (Lipinski definition) is 2. The summed E-state index contributed by atoms with van der Waals surface area (Å²) >= 11 is 0. The molecule has 1 heterocycles. The molecule has 1 N–H and O–H groups in total. The number of nitrogens with one attached hydrogen (secondary N) is 1. The lowest BCUT2D eigenvalue weighted by atomic mass is 10.0. The predicted octanol–water partition coefficient (Wildman–Crippen LogP) is 3.25. The molecule has 1 fully saturated rings. The molecule has 0 amide bonds. The van der Waals surface area contributed by atoms with E-state index in [0.29, 0.717) is 6.04 Å². The van der Waals surface area contributed by atoms with Crippen LogP contribution in [0.25, 0.3) is 0 Å². The lowest BCUT2D eigenvalue weighted by Gasteiger charge is -2.34. The van der Waals surface area contributed by atoms with Gasteiger partial charge in [-0.15, -0.1) is 0 Å². The van der Waals surface area contributed by atoms with Gasteiger partial charge in [-0.3, -0.25) is 0 Å². The fourth-order valence-electron chi connectivity index (χ4n) is 2.76. The van der Waals surface area contributed by atoms with Crippen LogP contribution < -0.4 is 10.2 Å². The number of nitrogens with zero attached hydrogens (tertiary/aromatic N) is 1. The van der Waals surface area contributed by atoms with Crippen molar-refractivity contribution in [3.63, 3.8) is 0 Å². The Morgan fingerprint density at radius 1 is 1.00 bits per heavy atom. The Hall–Kier alpha value is -1.80. The van der Waals surface area contributed by atoms with Crippen LogP contribution in [0.15, 0.2) is 54.6 Å². The lowest BCUT2D eigenvalue weighted by molar-refractivity contribution is 0.414. The summed E-state index contributed by atoms with van der Waals surface area (Å²) in [5, 5.41) is 3.67. The van der Waals surface area contributed by atoms with Gasteiger partial charge in [0.15, 0.2) is 0 Å². The highest BCUT2D eigenvalue weighted by atomic mass is 15.1. The maximum absolute atomic E-state index is 3.67. The van der Waals surface area contributed by atoms with Crippen molar-refractivity contribution in [1.29, 1.82) is 0 Å². The third kappa shape index (κ3) is 3.40. The molecule has 0 saturated carbocycles. The largest absolute Gasteiger partial charge is 0.371 e. The first-order valence-electron chi connectivity index (χ1n) is 7.41. The Labute approximate surface area is 121 Å². The van der Waals surface area contributed by atoms with E-state index >= 15 is 0 Å². The van der Waals surface area contributed by atoms with Crippen LogP contribution in [0, 0.1) is 6.07 Å².